The minimum atomic E-state index is -0.182. The first-order valence-corrected chi connectivity index (χ1v) is 13.2. The predicted molar refractivity (Wildman–Crippen MR) is 162 cm³/mol. The number of ether oxygens (including phenoxy) is 1. The van der Waals surface area contributed by atoms with Gasteiger partial charge in [0.15, 0.2) is 0 Å². The second-order valence-electron chi connectivity index (χ2n) is 9.47. The van der Waals surface area contributed by atoms with Gasteiger partial charge >= 0.3 is 0 Å². The van der Waals surface area contributed by atoms with Crippen LogP contribution in [0.15, 0.2) is 115 Å². The molecule has 41 heavy (non-hydrogen) atoms. The van der Waals surface area contributed by atoms with Crippen LogP contribution in [0.2, 0.25) is 0 Å². The second-order valence-corrected chi connectivity index (χ2v) is 9.47. The van der Waals surface area contributed by atoms with Crippen LogP contribution in [0.4, 0.5) is 17.3 Å². The third kappa shape index (κ3) is 5.50. The number of hydrogen-bond acceptors (Lipinski definition) is 6. The van der Waals surface area contributed by atoms with Crippen molar-refractivity contribution < 1.29 is 9.53 Å². The summed E-state index contributed by atoms with van der Waals surface area (Å²) in [7, 11) is 1.68. The third-order valence-corrected chi connectivity index (χ3v) is 6.83. The van der Waals surface area contributed by atoms with Crippen molar-refractivity contribution in [1.29, 1.82) is 0 Å². The Morgan fingerprint density at radius 3 is 2.29 bits per heavy atom. The van der Waals surface area contributed by atoms with Crippen LogP contribution in [0, 0.1) is 0 Å². The van der Waals surface area contributed by atoms with Gasteiger partial charge in [0.2, 0.25) is 5.95 Å². The molecule has 4 N–H and O–H groups in total. The summed E-state index contributed by atoms with van der Waals surface area (Å²) < 4.78 is 7.28. The van der Waals surface area contributed by atoms with Gasteiger partial charge in [0, 0.05) is 34.6 Å². The molecule has 0 saturated carbocycles. The molecule has 6 rings (SSSR count). The van der Waals surface area contributed by atoms with Crippen molar-refractivity contribution in [2.24, 2.45) is 5.73 Å². The lowest BCUT2D eigenvalue weighted by Crippen LogP contribution is -2.12. The summed E-state index contributed by atoms with van der Waals surface area (Å²) in [6, 6.07) is 34.9. The first kappa shape index (κ1) is 25.8. The number of nitrogens with two attached hydrogens (primary N) is 1. The number of nitrogens with one attached hydrogen (secondary N) is 2. The first-order chi connectivity index (χ1) is 20.1. The van der Waals surface area contributed by atoms with Crippen LogP contribution in [-0.2, 0) is 6.54 Å². The lowest BCUT2D eigenvalue weighted by molar-refractivity contribution is 0.102. The lowest BCUT2D eigenvalue weighted by atomic mass is 10.0. The number of nitrogens with zero attached hydrogens (tertiary/aromatic N) is 3. The summed E-state index contributed by atoms with van der Waals surface area (Å²) in [6.07, 6.45) is 1.75. The maximum atomic E-state index is 12.6. The number of rotatable bonds is 8. The predicted octanol–water partition coefficient (Wildman–Crippen LogP) is 6.53. The molecule has 0 saturated heterocycles. The van der Waals surface area contributed by atoms with Gasteiger partial charge in [-0.1, -0.05) is 54.6 Å². The van der Waals surface area contributed by atoms with E-state index in [0.29, 0.717) is 23.7 Å². The smallest absolute Gasteiger partial charge is 0.255 e. The summed E-state index contributed by atoms with van der Waals surface area (Å²) in [5, 5.41) is 10.7. The molecule has 2 aromatic heterocycles. The molecule has 0 aliphatic rings. The molecule has 0 aliphatic carbocycles. The van der Waals surface area contributed by atoms with Crippen LogP contribution < -0.4 is 21.1 Å². The van der Waals surface area contributed by atoms with Gasteiger partial charge in [0.25, 0.3) is 5.91 Å². The molecule has 0 atom stereocenters. The number of carbonyl (C=O) groups excluding carboxylic acids is 1. The largest absolute Gasteiger partial charge is 0.496 e. The maximum absolute atomic E-state index is 12.6. The Kier molecular flexibility index (Phi) is 7.13. The Labute approximate surface area is 237 Å². The highest BCUT2D eigenvalue weighted by Gasteiger charge is 2.11. The van der Waals surface area contributed by atoms with Gasteiger partial charge in [-0.3, -0.25) is 4.79 Å². The highest BCUT2D eigenvalue weighted by atomic mass is 16.5. The number of hydrogen-bond donors (Lipinski definition) is 3. The van der Waals surface area contributed by atoms with Gasteiger partial charge in [-0.15, -0.1) is 0 Å². The van der Waals surface area contributed by atoms with Gasteiger partial charge < -0.3 is 21.1 Å². The van der Waals surface area contributed by atoms with Crippen LogP contribution in [-0.4, -0.2) is 27.6 Å². The van der Waals surface area contributed by atoms with Crippen molar-refractivity contribution in [3.05, 3.63) is 127 Å². The molecule has 6 aromatic rings. The van der Waals surface area contributed by atoms with Crippen LogP contribution in [0.1, 0.15) is 15.9 Å². The van der Waals surface area contributed by atoms with E-state index in [-0.39, 0.29) is 5.91 Å². The maximum Gasteiger partial charge on any atom is 0.255 e. The number of methoxy groups -OCH3 is 1. The molecule has 8 heteroatoms. The normalized spacial score (nSPS) is 10.9. The van der Waals surface area contributed by atoms with Crippen molar-refractivity contribution in [3.8, 4) is 28.1 Å². The summed E-state index contributed by atoms with van der Waals surface area (Å²) in [6.45, 7) is 0.440. The van der Waals surface area contributed by atoms with Gasteiger partial charge in [-0.05, 0) is 65.7 Å². The lowest BCUT2D eigenvalue weighted by Gasteiger charge is -2.12. The highest BCUT2D eigenvalue weighted by molar-refractivity contribution is 6.04. The molecular formula is C33H28N6O2. The Hall–Kier alpha value is -5.47. The van der Waals surface area contributed by atoms with E-state index in [1.165, 1.54) is 0 Å². The minimum absolute atomic E-state index is 0.182. The van der Waals surface area contributed by atoms with Crippen LogP contribution >= 0.6 is 0 Å². The second kappa shape index (κ2) is 11.3. The average Bonchev–Trinajstić information content (AvgIpc) is 3.51. The molecule has 202 valence electrons. The summed E-state index contributed by atoms with van der Waals surface area (Å²) in [5.74, 6) is 1.23. The Bertz CT molecular complexity index is 1810. The van der Waals surface area contributed by atoms with Crippen molar-refractivity contribution in [2.75, 3.05) is 17.7 Å². The number of carbonyl (C=O) groups is 1. The number of amides is 1. The fraction of sp³-hybridized carbons (Fsp3) is 0.0606. The van der Waals surface area contributed by atoms with Crippen molar-refractivity contribution in [3.63, 3.8) is 0 Å². The fourth-order valence-electron chi connectivity index (χ4n) is 4.63. The van der Waals surface area contributed by atoms with E-state index >= 15 is 0 Å². The molecule has 0 aliphatic heterocycles. The quantitative estimate of drug-likeness (QED) is 0.203. The molecule has 0 radical (unpaired) electrons. The Morgan fingerprint density at radius 2 is 1.56 bits per heavy atom. The highest BCUT2D eigenvalue weighted by Crippen LogP contribution is 2.32. The van der Waals surface area contributed by atoms with E-state index in [1.807, 2.05) is 72.8 Å². The first-order valence-electron chi connectivity index (χ1n) is 13.2. The molecule has 2 heterocycles. The van der Waals surface area contributed by atoms with E-state index in [4.69, 9.17) is 15.5 Å². The van der Waals surface area contributed by atoms with E-state index in [1.54, 1.807) is 30.0 Å². The van der Waals surface area contributed by atoms with Gasteiger partial charge in [-0.2, -0.15) is 5.10 Å². The van der Waals surface area contributed by atoms with Crippen molar-refractivity contribution >= 4 is 28.7 Å². The molecule has 0 spiro atoms. The molecule has 0 unspecified atom stereocenters. The third-order valence-electron chi connectivity index (χ3n) is 6.83. The van der Waals surface area contributed by atoms with E-state index in [9.17, 15) is 4.79 Å². The average molecular weight is 541 g/mol. The van der Waals surface area contributed by atoms with E-state index < -0.39 is 0 Å². The number of fused-ring (bicyclic) bond motifs is 1. The molecule has 0 bridgehead atoms. The van der Waals surface area contributed by atoms with Gasteiger partial charge in [-0.25, -0.2) is 9.50 Å². The molecule has 4 aromatic carbocycles. The number of para-hydroxylation sites is 1. The standard InChI is InChI=1S/C33H28N6O2/c1-41-31-5-3-2-4-29(31)23-10-12-24(13-11-23)30-20-28-18-19-35-39(28)33(38-30)37-27-16-14-26(15-17-27)36-32(40)25-8-6-22(21-34)7-9-25/h2-20H,21,34H2,1H3,(H,36,40)(H,37,38). The fourth-order valence-corrected chi connectivity index (χ4v) is 4.63. The van der Waals surface area contributed by atoms with E-state index in [0.717, 1.165) is 44.9 Å². The Morgan fingerprint density at radius 1 is 0.854 bits per heavy atom. The van der Waals surface area contributed by atoms with Gasteiger partial charge in [0.1, 0.15) is 5.75 Å². The topological polar surface area (TPSA) is 107 Å². The number of benzene rings is 4. The summed E-state index contributed by atoms with van der Waals surface area (Å²) in [4.78, 5) is 17.5. The molecule has 1 amide bonds. The zero-order valence-electron chi connectivity index (χ0n) is 22.4. The zero-order valence-corrected chi connectivity index (χ0v) is 22.4. The number of aromatic nitrogens is 3. The molecule has 0 fully saturated rings. The zero-order chi connectivity index (χ0) is 28.2. The van der Waals surface area contributed by atoms with Gasteiger partial charge in [0.05, 0.1) is 24.5 Å². The van der Waals surface area contributed by atoms with Crippen molar-refractivity contribution in [1.82, 2.24) is 14.6 Å². The SMILES string of the molecule is COc1ccccc1-c1ccc(-c2cc3ccnn3c(Nc3ccc(NC(=O)c4ccc(CN)cc4)cc3)n2)cc1. The van der Waals surface area contributed by atoms with Crippen LogP contribution in [0.3, 0.4) is 0 Å². The van der Waals surface area contributed by atoms with E-state index in [2.05, 4.69) is 40.0 Å². The van der Waals surface area contributed by atoms with Crippen LogP contribution in [0.5, 0.6) is 5.75 Å². The summed E-state index contributed by atoms with van der Waals surface area (Å²) >= 11 is 0. The Balaban J connectivity index is 1.21. The molecule has 8 nitrogen and oxygen atoms in total. The monoisotopic (exact) mass is 540 g/mol. The van der Waals surface area contributed by atoms with Crippen LogP contribution in [0.25, 0.3) is 27.9 Å². The summed E-state index contributed by atoms with van der Waals surface area (Å²) in [5.41, 5.74) is 13.5. The molecular weight excluding hydrogens is 512 g/mol. The van der Waals surface area contributed by atoms with Crippen molar-refractivity contribution in [2.45, 2.75) is 6.54 Å². The minimum Gasteiger partial charge on any atom is -0.496 e. The number of anilines is 3.